The fourth-order valence-corrected chi connectivity index (χ4v) is 4.57. The standard InChI is InChI=1S/C16H19O2PS/c1-4-17-19(20,16-8-6-5-7-9-16)18-15-11-13(2)10-14(3)12-15/h5-12H,4H2,1-3H3. The van der Waals surface area contributed by atoms with Crippen molar-refractivity contribution < 1.29 is 9.05 Å². The van der Waals surface area contributed by atoms with E-state index in [-0.39, 0.29) is 0 Å². The summed E-state index contributed by atoms with van der Waals surface area (Å²) in [7, 11) is 0. The quantitative estimate of drug-likeness (QED) is 0.765. The zero-order valence-corrected chi connectivity index (χ0v) is 13.7. The highest BCUT2D eigenvalue weighted by atomic mass is 32.5. The average Bonchev–Trinajstić information content (AvgIpc) is 2.38. The summed E-state index contributed by atoms with van der Waals surface area (Å²) in [5.41, 5.74) is 2.32. The highest BCUT2D eigenvalue weighted by Crippen LogP contribution is 2.47. The highest BCUT2D eigenvalue weighted by molar-refractivity contribution is 8.13. The summed E-state index contributed by atoms with van der Waals surface area (Å²) >= 11 is 5.70. The van der Waals surface area contributed by atoms with Crippen LogP contribution in [0.15, 0.2) is 48.5 Å². The van der Waals surface area contributed by atoms with E-state index in [0.29, 0.717) is 6.61 Å². The van der Waals surface area contributed by atoms with Gasteiger partial charge in [-0.3, -0.25) is 0 Å². The van der Waals surface area contributed by atoms with E-state index < -0.39 is 6.49 Å². The maximum absolute atomic E-state index is 6.09. The zero-order chi connectivity index (χ0) is 14.6. The molecule has 1 unspecified atom stereocenters. The van der Waals surface area contributed by atoms with Gasteiger partial charge in [-0.1, -0.05) is 24.3 Å². The monoisotopic (exact) mass is 306 g/mol. The fraction of sp³-hybridized carbons (Fsp3) is 0.250. The van der Waals surface area contributed by atoms with Crippen LogP contribution >= 0.6 is 6.49 Å². The Morgan fingerprint density at radius 3 is 2.15 bits per heavy atom. The van der Waals surface area contributed by atoms with Crippen molar-refractivity contribution in [3.8, 4) is 5.75 Å². The van der Waals surface area contributed by atoms with E-state index in [2.05, 4.69) is 6.07 Å². The lowest BCUT2D eigenvalue weighted by Crippen LogP contribution is -2.12. The molecule has 2 aromatic rings. The van der Waals surface area contributed by atoms with Crippen LogP contribution in [0.3, 0.4) is 0 Å². The van der Waals surface area contributed by atoms with Gasteiger partial charge in [-0.2, -0.15) is 0 Å². The molecule has 0 N–H and O–H groups in total. The van der Waals surface area contributed by atoms with Gasteiger partial charge in [0.15, 0.2) is 0 Å². The van der Waals surface area contributed by atoms with Crippen LogP contribution in [-0.4, -0.2) is 6.61 Å². The molecule has 0 aliphatic carbocycles. The van der Waals surface area contributed by atoms with Crippen LogP contribution in [0.2, 0.25) is 0 Å². The van der Waals surface area contributed by atoms with E-state index in [1.54, 1.807) is 0 Å². The smallest absolute Gasteiger partial charge is 0.269 e. The number of aryl methyl sites for hydroxylation is 2. The Hall–Kier alpha value is -1.15. The molecule has 0 bridgehead atoms. The molecule has 0 radical (unpaired) electrons. The van der Waals surface area contributed by atoms with Crippen molar-refractivity contribution in [3.63, 3.8) is 0 Å². The van der Waals surface area contributed by atoms with Crippen molar-refractivity contribution >= 4 is 23.6 Å². The van der Waals surface area contributed by atoms with Crippen LogP contribution in [0.25, 0.3) is 0 Å². The summed E-state index contributed by atoms with van der Waals surface area (Å²) in [5.74, 6) is 0.781. The molecule has 0 saturated carbocycles. The van der Waals surface area contributed by atoms with Crippen LogP contribution in [-0.2, 0) is 16.3 Å². The summed E-state index contributed by atoms with van der Waals surface area (Å²) in [6, 6.07) is 15.9. The Kier molecular flexibility index (Phi) is 4.98. The first kappa shape index (κ1) is 15.2. The molecule has 4 heteroatoms. The molecule has 2 aromatic carbocycles. The maximum Gasteiger partial charge on any atom is 0.269 e. The molecule has 0 aromatic heterocycles. The summed E-state index contributed by atoms with van der Waals surface area (Å²) in [6.45, 7) is 4.07. The Balaban J connectivity index is 2.37. The highest BCUT2D eigenvalue weighted by Gasteiger charge is 2.23. The lowest BCUT2D eigenvalue weighted by atomic mass is 10.1. The Labute approximate surface area is 125 Å². The van der Waals surface area contributed by atoms with Gasteiger partial charge < -0.3 is 9.05 Å². The maximum atomic E-state index is 6.09. The van der Waals surface area contributed by atoms with Crippen molar-refractivity contribution in [2.24, 2.45) is 0 Å². The second-order valence-electron chi connectivity index (χ2n) is 4.67. The molecule has 1 atom stereocenters. The predicted octanol–water partition coefficient (Wildman–Crippen LogP) is 4.35. The van der Waals surface area contributed by atoms with Gasteiger partial charge in [0, 0.05) is 5.30 Å². The van der Waals surface area contributed by atoms with Crippen molar-refractivity contribution in [2.45, 2.75) is 20.8 Å². The lowest BCUT2D eigenvalue weighted by molar-refractivity contribution is 0.339. The van der Waals surface area contributed by atoms with Gasteiger partial charge in [-0.15, -0.1) is 0 Å². The second kappa shape index (κ2) is 6.53. The molecule has 106 valence electrons. The molecule has 0 amide bonds. The third kappa shape index (κ3) is 3.69. The second-order valence-corrected chi connectivity index (χ2v) is 8.06. The van der Waals surface area contributed by atoms with Crippen molar-refractivity contribution in [1.82, 2.24) is 0 Å². The molecule has 0 aliphatic heterocycles. The summed E-state index contributed by atoms with van der Waals surface area (Å²) in [6.07, 6.45) is 0. The normalized spacial score (nSPS) is 13.8. The first-order valence-electron chi connectivity index (χ1n) is 6.61. The zero-order valence-electron chi connectivity index (χ0n) is 12.0. The van der Waals surface area contributed by atoms with Crippen LogP contribution < -0.4 is 9.83 Å². The van der Waals surface area contributed by atoms with Crippen molar-refractivity contribution in [3.05, 3.63) is 59.7 Å². The molecule has 0 heterocycles. The van der Waals surface area contributed by atoms with Gasteiger partial charge in [0.1, 0.15) is 5.75 Å². The molecule has 0 saturated heterocycles. The molecule has 0 spiro atoms. The van der Waals surface area contributed by atoms with Gasteiger partial charge in [-0.05, 0) is 68.0 Å². The summed E-state index contributed by atoms with van der Waals surface area (Å²) in [4.78, 5) is 0. The SMILES string of the molecule is CCOP(=S)(Oc1cc(C)cc(C)c1)c1ccccc1. The number of benzene rings is 2. The van der Waals surface area contributed by atoms with Crippen LogP contribution in [0.5, 0.6) is 5.75 Å². The van der Waals surface area contributed by atoms with E-state index in [1.807, 2.05) is 63.2 Å². The average molecular weight is 306 g/mol. The first-order chi connectivity index (χ1) is 9.53. The first-order valence-corrected chi connectivity index (χ1v) is 9.25. The molecule has 0 aliphatic rings. The van der Waals surface area contributed by atoms with Gasteiger partial charge in [-0.25, -0.2) is 0 Å². The Bertz CT molecular complexity index is 605. The summed E-state index contributed by atoms with van der Waals surface area (Å²) in [5, 5.41) is 0.941. The number of hydrogen-bond donors (Lipinski definition) is 0. The van der Waals surface area contributed by atoms with Gasteiger partial charge in [0.2, 0.25) is 0 Å². The van der Waals surface area contributed by atoms with Crippen LogP contribution in [0.1, 0.15) is 18.1 Å². The van der Waals surface area contributed by atoms with E-state index in [4.69, 9.17) is 20.9 Å². The minimum Gasteiger partial charge on any atom is -0.440 e. The van der Waals surface area contributed by atoms with Gasteiger partial charge in [0.05, 0.1) is 6.61 Å². The fourth-order valence-electron chi connectivity index (χ4n) is 2.06. The Morgan fingerprint density at radius 2 is 1.60 bits per heavy atom. The molecular formula is C16H19O2PS. The largest absolute Gasteiger partial charge is 0.440 e. The third-order valence-corrected chi connectivity index (χ3v) is 5.94. The van der Waals surface area contributed by atoms with E-state index in [0.717, 1.165) is 22.2 Å². The van der Waals surface area contributed by atoms with Crippen molar-refractivity contribution in [1.29, 1.82) is 0 Å². The lowest BCUT2D eigenvalue weighted by Gasteiger charge is -2.23. The van der Waals surface area contributed by atoms with Gasteiger partial charge in [0.25, 0.3) is 6.49 Å². The van der Waals surface area contributed by atoms with E-state index in [1.165, 1.54) is 0 Å². The minimum absolute atomic E-state index is 0.539. The van der Waals surface area contributed by atoms with Crippen LogP contribution in [0.4, 0.5) is 0 Å². The number of hydrogen-bond acceptors (Lipinski definition) is 3. The predicted molar refractivity (Wildman–Crippen MR) is 88.5 cm³/mol. The molecular weight excluding hydrogens is 287 g/mol. The molecule has 2 nitrogen and oxygen atoms in total. The van der Waals surface area contributed by atoms with Crippen molar-refractivity contribution in [2.75, 3.05) is 6.61 Å². The Morgan fingerprint density at radius 1 is 1.00 bits per heavy atom. The topological polar surface area (TPSA) is 18.5 Å². The summed E-state index contributed by atoms with van der Waals surface area (Å²) < 4.78 is 11.9. The van der Waals surface area contributed by atoms with Crippen LogP contribution in [0, 0.1) is 13.8 Å². The molecule has 20 heavy (non-hydrogen) atoms. The third-order valence-electron chi connectivity index (χ3n) is 2.79. The molecule has 2 rings (SSSR count). The number of rotatable bonds is 5. The minimum atomic E-state index is -2.50. The van der Waals surface area contributed by atoms with Gasteiger partial charge >= 0.3 is 0 Å². The molecule has 0 fully saturated rings. The van der Waals surface area contributed by atoms with E-state index in [9.17, 15) is 0 Å². The van der Waals surface area contributed by atoms with E-state index >= 15 is 0 Å².